The van der Waals surface area contributed by atoms with E-state index in [-0.39, 0.29) is 11.4 Å². The molecular formula is C9H7ClN2O2. The number of hydrogen-bond acceptors (Lipinski definition) is 3. The maximum atomic E-state index is 10.5. The number of aromatic nitrogens is 1. The third-order valence-electron chi connectivity index (χ3n) is 1.41. The van der Waals surface area contributed by atoms with Crippen molar-refractivity contribution < 1.29 is 4.92 Å². The number of rotatable bonds is 2. The van der Waals surface area contributed by atoms with Crippen molar-refractivity contribution in [3.05, 3.63) is 34.1 Å². The number of pyridine rings is 1. The number of nitro groups is 1. The molecule has 0 aliphatic rings. The Morgan fingerprint density at radius 1 is 1.64 bits per heavy atom. The molecular weight excluding hydrogens is 204 g/mol. The van der Waals surface area contributed by atoms with E-state index in [1.165, 1.54) is 18.3 Å². The maximum Gasteiger partial charge on any atom is 0.303 e. The van der Waals surface area contributed by atoms with Gasteiger partial charge < -0.3 is 0 Å². The van der Waals surface area contributed by atoms with Crippen molar-refractivity contribution in [1.29, 1.82) is 0 Å². The standard InChI is InChI=1S/C9H7ClN2O2/c10-6-2-1-4-8-9(12(13)14)5-3-7-11-8/h3,5,7H,2,6H2. The summed E-state index contributed by atoms with van der Waals surface area (Å²) in [6.07, 6.45) is 1.97. The van der Waals surface area contributed by atoms with E-state index in [4.69, 9.17) is 11.6 Å². The number of hydrogen-bond donors (Lipinski definition) is 0. The van der Waals surface area contributed by atoms with Gasteiger partial charge in [0.25, 0.3) is 0 Å². The van der Waals surface area contributed by atoms with E-state index >= 15 is 0 Å². The van der Waals surface area contributed by atoms with Crippen LogP contribution < -0.4 is 0 Å². The van der Waals surface area contributed by atoms with Crippen molar-refractivity contribution in [1.82, 2.24) is 4.98 Å². The van der Waals surface area contributed by atoms with E-state index in [0.717, 1.165) is 0 Å². The van der Waals surface area contributed by atoms with Crippen LogP contribution in [0.2, 0.25) is 0 Å². The molecule has 0 spiro atoms. The molecule has 0 aliphatic carbocycles. The van der Waals surface area contributed by atoms with Crippen LogP contribution in [-0.2, 0) is 0 Å². The molecule has 1 heterocycles. The quantitative estimate of drug-likeness (QED) is 0.325. The summed E-state index contributed by atoms with van der Waals surface area (Å²) in [6.45, 7) is 0. The Morgan fingerprint density at radius 3 is 3.07 bits per heavy atom. The first-order valence-electron chi connectivity index (χ1n) is 3.90. The first-order valence-corrected chi connectivity index (χ1v) is 4.43. The Bertz CT molecular complexity index is 395. The van der Waals surface area contributed by atoms with Crippen LogP contribution in [-0.4, -0.2) is 15.8 Å². The van der Waals surface area contributed by atoms with E-state index in [9.17, 15) is 10.1 Å². The van der Waals surface area contributed by atoms with Gasteiger partial charge >= 0.3 is 5.69 Å². The van der Waals surface area contributed by atoms with Crippen LogP contribution >= 0.6 is 11.6 Å². The lowest BCUT2D eigenvalue weighted by molar-refractivity contribution is -0.385. The van der Waals surface area contributed by atoms with Crippen LogP contribution in [0.1, 0.15) is 12.1 Å². The zero-order valence-electron chi connectivity index (χ0n) is 7.24. The lowest BCUT2D eigenvalue weighted by atomic mass is 10.3. The van der Waals surface area contributed by atoms with Gasteiger partial charge in [-0.3, -0.25) is 10.1 Å². The molecule has 0 unspecified atom stereocenters. The molecule has 0 aromatic carbocycles. The van der Waals surface area contributed by atoms with Gasteiger partial charge in [0.2, 0.25) is 0 Å². The summed E-state index contributed by atoms with van der Waals surface area (Å²) in [5.41, 5.74) is 0.109. The first-order chi connectivity index (χ1) is 6.75. The fraction of sp³-hybridized carbons (Fsp3) is 0.222. The van der Waals surface area contributed by atoms with Crippen LogP contribution in [0.3, 0.4) is 0 Å². The summed E-state index contributed by atoms with van der Waals surface area (Å²) >= 11 is 5.41. The highest BCUT2D eigenvalue weighted by molar-refractivity contribution is 6.18. The monoisotopic (exact) mass is 210 g/mol. The zero-order chi connectivity index (χ0) is 10.4. The second-order valence-electron chi connectivity index (χ2n) is 2.37. The molecule has 1 rings (SSSR count). The van der Waals surface area contributed by atoms with Crippen LogP contribution in [0, 0.1) is 22.0 Å². The van der Waals surface area contributed by atoms with Gasteiger partial charge in [-0.1, -0.05) is 5.92 Å². The van der Waals surface area contributed by atoms with E-state index < -0.39 is 4.92 Å². The first kappa shape index (κ1) is 10.5. The van der Waals surface area contributed by atoms with Gasteiger partial charge in [0.15, 0.2) is 5.69 Å². The third-order valence-corrected chi connectivity index (χ3v) is 1.60. The minimum absolute atomic E-state index is 0.0745. The smallest absolute Gasteiger partial charge is 0.258 e. The molecule has 0 saturated carbocycles. The molecule has 0 bridgehead atoms. The van der Waals surface area contributed by atoms with E-state index in [1.54, 1.807) is 0 Å². The van der Waals surface area contributed by atoms with Crippen molar-refractivity contribution in [2.24, 2.45) is 0 Å². The predicted octanol–water partition coefficient (Wildman–Crippen LogP) is 1.97. The predicted molar refractivity (Wildman–Crippen MR) is 53.1 cm³/mol. The van der Waals surface area contributed by atoms with Gasteiger partial charge in [-0.25, -0.2) is 4.98 Å². The Hall–Kier alpha value is -1.60. The molecule has 1 aromatic heterocycles. The average molecular weight is 211 g/mol. The second-order valence-corrected chi connectivity index (χ2v) is 2.75. The summed E-state index contributed by atoms with van der Waals surface area (Å²) in [5, 5.41) is 10.5. The van der Waals surface area contributed by atoms with Crippen LogP contribution in [0.4, 0.5) is 5.69 Å². The van der Waals surface area contributed by atoms with Gasteiger partial charge in [-0.2, -0.15) is 0 Å². The molecule has 0 aliphatic heterocycles. The summed E-state index contributed by atoms with van der Waals surface area (Å²) in [5.74, 6) is 5.72. The highest BCUT2D eigenvalue weighted by atomic mass is 35.5. The van der Waals surface area contributed by atoms with Gasteiger partial charge in [-0.15, -0.1) is 11.6 Å². The van der Waals surface area contributed by atoms with Crippen molar-refractivity contribution in [3.8, 4) is 11.8 Å². The van der Waals surface area contributed by atoms with Gasteiger partial charge in [0.05, 0.1) is 4.92 Å². The van der Waals surface area contributed by atoms with E-state index in [0.29, 0.717) is 12.3 Å². The summed E-state index contributed by atoms with van der Waals surface area (Å²) < 4.78 is 0. The second kappa shape index (κ2) is 5.20. The topological polar surface area (TPSA) is 56.0 Å². The fourth-order valence-electron chi connectivity index (χ4n) is 0.834. The Kier molecular flexibility index (Phi) is 3.89. The molecule has 0 radical (unpaired) electrons. The molecule has 1 aromatic rings. The molecule has 4 nitrogen and oxygen atoms in total. The Labute approximate surface area is 86.1 Å². The summed E-state index contributed by atoms with van der Waals surface area (Å²) in [4.78, 5) is 13.8. The molecule has 0 saturated heterocycles. The fourth-order valence-corrected chi connectivity index (χ4v) is 0.928. The van der Waals surface area contributed by atoms with Crippen LogP contribution in [0.25, 0.3) is 0 Å². The zero-order valence-corrected chi connectivity index (χ0v) is 7.99. The van der Waals surface area contributed by atoms with Gasteiger partial charge in [-0.05, 0) is 12.0 Å². The largest absolute Gasteiger partial charge is 0.303 e. The van der Waals surface area contributed by atoms with Crippen LogP contribution in [0.5, 0.6) is 0 Å². The van der Waals surface area contributed by atoms with E-state index in [2.05, 4.69) is 16.8 Å². The Balaban J connectivity index is 2.97. The summed E-state index contributed by atoms with van der Waals surface area (Å²) in [7, 11) is 0. The minimum atomic E-state index is -0.502. The SMILES string of the molecule is O=[N+]([O-])c1cccnc1C#CCCCl. The highest BCUT2D eigenvalue weighted by Gasteiger charge is 2.10. The van der Waals surface area contributed by atoms with Crippen molar-refractivity contribution in [2.75, 3.05) is 5.88 Å². The highest BCUT2D eigenvalue weighted by Crippen LogP contribution is 2.13. The molecule has 72 valence electrons. The van der Waals surface area contributed by atoms with Crippen molar-refractivity contribution >= 4 is 17.3 Å². The van der Waals surface area contributed by atoms with Crippen molar-refractivity contribution in [2.45, 2.75) is 6.42 Å². The number of halogens is 1. The van der Waals surface area contributed by atoms with Crippen LogP contribution in [0.15, 0.2) is 18.3 Å². The number of nitrogens with zero attached hydrogens (tertiary/aromatic N) is 2. The average Bonchev–Trinajstić information content (AvgIpc) is 2.19. The number of alkyl halides is 1. The third kappa shape index (κ3) is 2.71. The Morgan fingerprint density at radius 2 is 2.43 bits per heavy atom. The molecule has 0 amide bonds. The molecule has 14 heavy (non-hydrogen) atoms. The lowest BCUT2D eigenvalue weighted by Crippen LogP contribution is -1.93. The lowest BCUT2D eigenvalue weighted by Gasteiger charge is -1.92. The minimum Gasteiger partial charge on any atom is -0.258 e. The molecule has 0 fully saturated rings. The van der Waals surface area contributed by atoms with E-state index in [1.807, 2.05) is 0 Å². The molecule has 5 heteroatoms. The normalized spacial score (nSPS) is 8.93. The maximum absolute atomic E-state index is 10.5. The van der Waals surface area contributed by atoms with Crippen molar-refractivity contribution in [3.63, 3.8) is 0 Å². The molecule has 0 N–H and O–H groups in total. The summed E-state index contributed by atoms with van der Waals surface area (Å²) in [6, 6.07) is 2.88. The van der Waals surface area contributed by atoms with Gasteiger partial charge in [0.1, 0.15) is 0 Å². The molecule has 0 atom stereocenters. The van der Waals surface area contributed by atoms with Gasteiger partial charge in [0, 0.05) is 24.6 Å².